The molecule has 6 nitrogen and oxygen atoms in total. The Morgan fingerprint density at radius 1 is 1.30 bits per heavy atom. The molecule has 108 valence electrons. The summed E-state index contributed by atoms with van der Waals surface area (Å²) in [6.45, 7) is 4.70. The van der Waals surface area contributed by atoms with E-state index in [1.807, 2.05) is 38.1 Å². The molecule has 0 saturated heterocycles. The predicted octanol–water partition coefficient (Wildman–Crippen LogP) is 0.286. The molecule has 0 unspecified atom stereocenters. The van der Waals surface area contributed by atoms with Crippen molar-refractivity contribution >= 4 is 16.9 Å². The number of benzene rings is 1. The number of hydrogen-bond donors (Lipinski definition) is 2. The second-order valence-corrected chi connectivity index (χ2v) is 4.81. The van der Waals surface area contributed by atoms with Gasteiger partial charge in [-0.1, -0.05) is 12.1 Å². The number of aromatic nitrogens is 2. The van der Waals surface area contributed by atoms with Crippen LogP contribution in [0, 0.1) is 0 Å². The minimum atomic E-state index is -0.205. The van der Waals surface area contributed by atoms with E-state index >= 15 is 0 Å². The first kappa shape index (κ1) is 14.3. The molecule has 0 spiro atoms. The van der Waals surface area contributed by atoms with Gasteiger partial charge in [0.15, 0.2) is 0 Å². The van der Waals surface area contributed by atoms with Crippen molar-refractivity contribution in [1.29, 1.82) is 0 Å². The summed E-state index contributed by atoms with van der Waals surface area (Å²) in [5.74, 6) is -0.205. The number of hydrogen-bond acceptors (Lipinski definition) is 3. The topological polar surface area (TPSA) is 82.0 Å². The van der Waals surface area contributed by atoms with E-state index < -0.39 is 0 Å². The fourth-order valence-corrected chi connectivity index (χ4v) is 2.25. The number of nitrogens with zero attached hydrogens (tertiary/aromatic N) is 2. The maximum absolute atomic E-state index is 12.3. The normalized spacial score (nSPS) is 12.6. The fraction of sp³-hybridized carbons (Fsp3) is 0.429. The van der Waals surface area contributed by atoms with Crippen molar-refractivity contribution in [3.8, 4) is 0 Å². The first-order valence-corrected chi connectivity index (χ1v) is 6.76. The third kappa shape index (κ3) is 2.60. The molecule has 0 bridgehead atoms. The van der Waals surface area contributed by atoms with Crippen LogP contribution >= 0.6 is 0 Å². The Balaban J connectivity index is 2.37. The average Bonchev–Trinajstić information content (AvgIpc) is 2.71. The van der Waals surface area contributed by atoms with Gasteiger partial charge in [0.05, 0.1) is 11.0 Å². The van der Waals surface area contributed by atoms with E-state index in [1.54, 1.807) is 4.57 Å². The minimum Gasteiger partial charge on any atom is -0.351 e. The number of fused-ring (bicyclic) bond motifs is 1. The van der Waals surface area contributed by atoms with Gasteiger partial charge in [-0.05, 0) is 26.0 Å². The van der Waals surface area contributed by atoms with E-state index in [2.05, 4.69) is 5.32 Å². The van der Waals surface area contributed by atoms with Gasteiger partial charge in [0, 0.05) is 19.1 Å². The summed E-state index contributed by atoms with van der Waals surface area (Å²) in [4.78, 5) is 24.3. The van der Waals surface area contributed by atoms with Gasteiger partial charge in [0.25, 0.3) is 0 Å². The SMILES string of the molecule is CCn1c(=O)n(CC(=O)N[C@@H](C)CN)c2ccccc21. The molecule has 1 aromatic heterocycles. The maximum atomic E-state index is 12.3. The second kappa shape index (κ2) is 5.92. The zero-order valence-corrected chi connectivity index (χ0v) is 11.8. The number of carbonyl (C=O) groups excluding carboxylic acids is 1. The smallest absolute Gasteiger partial charge is 0.329 e. The van der Waals surface area contributed by atoms with Crippen molar-refractivity contribution in [2.45, 2.75) is 33.0 Å². The molecule has 2 aromatic rings. The average molecular weight is 276 g/mol. The molecule has 2 rings (SSSR count). The third-order valence-electron chi connectivity index (χ3n) is 3.30. The summed E-state index contributed by atoms with van der Waals surface area (Å²) >= 11 is 0. The molecule has 0 fully saturated rings. The monoisotopic (exact) mass is 276 g/mol. The molecule has 20 heavy (non-hydrogen) atoms. The highest BCUT2D eigenvalue weighted by Crippen LogP contribution is 2.12. The molecule has 0 aliphatic heterocycles. The van der Waals surface area contributed by atoms with Gasteiger partial charge in [-0.15, -0.1) is 0 Å². The highest BCUT2D eigenvalue weighted by molar-refractivity contribution is 5.81. The predicted molar refractivity (Wildman–Crippen MR) is 78.5 cm³/mol. The van der Waals surface area contributed by atoms with E-state index in [4.69, 9.17) is 5.73 Å². The number of rotatable bonds is 5. The Hall–Kier alpha value is -2.08. The van der Waals surface area contributed by atoms with Crippen LogP contribution in [0.3, 0.4) is 0 Å². The Morgan fingerprint density at radius 2 is 1.90 bits per heavy atom. The van der Waals surface area contributed by atoms with Crippen LogP contribution in [0.2, 0.25) is 0 Å². The minimum absolute atomic E-state index is 0.0106. The third-order valence-corrected chi connectivity index (χ3v) is 3.30. The molecule has 1 atom stereocenters. The zero-order chi connectivity index (χ0) is 14.7. The van der Waals surface area contributed by atoms with Crippen molar-refractivity contribution in [3.05, 3.63) is 34.7 Å². The summed E-state index contributed by atoms with van der Waals surface area (Å²) in [7, 11) is 0. The number of imidazole rings is 1. The summed E-state index contributed by atoms with van der Waals surface area (Å²) in [5.41, 5.74) is 6.93. The van der Waals surface area contributed by atoms with E-state index in [0.717, 1.165) is 11.0 Å². The summed E-state index contributed by atoms with van der Waals surface area (Å²) < 4.78 is 3.16. The largest absolute Gasteiger partial charge is 0.351 e. The highest BCUT2D eigenvalue weighted by Gasteiger charge is 2.14. The number of para-hydroxylation sites is 2. The Kier molecular flexibility index (Phi) is 4.24. The van der Waals surface area contributed by atoms with Crippen LogP contribution in [0.1, 0.15) is 13.8 Å². The summed E-state index contributed by atoms with van der Waals surface area (Å²) in [6, 6.07) is 7.38. The molecule has 1 aromatic carbocycles. The van der Waals surface area contributed by atoms with E-state index in [1.165, 1.54) is 4.57 Å². The standard InChI is InChI=1S/C14H20N4O2/c1-3-17-11-6-4-5-7-12(11)18(14(17)20)9-13(19)16-10(2)8-15/h4-7,10H,3,8-9,15H2,1-2H3,(H,16,19)/t10-/m0/s1. The van der Waals surface area contributed by atoms with Gasteiger partial charge in [0.2, 0.25) is 5.91 Å². The number of nitrogens with one attached hydrogen (secondary N) is 1. The number of amides is 1. The van der Waals surface area contributed by atoms with Gasteiger partial charge in [-0.3, -0.25) is 13.9 Å². The summed E-state index contributed by atoms with van der Waals surface area (Å²) in [6.07, 6.45) is 0. The van der Waals surface area contributed by atoms with Crippen molar-refractivity contribution in [3.63, 3.8) is 0 Å². The van der Waals surface area contributed by atoms with Crippen LogP contribution < -0.4 is 16.7 Å². The van der Waals surface area contributed by atoms with Gasteiger partial charge >= 0.3 is 5.69 Å². The molecule has 1 amide bonds. The molecule has 1 heterocycles. The number of aryl methyl sites for hydroxylation is 1. The molecule has 3 N–H and O–H groups in total. The quantitative estimate of drug-likeness (QED) is 0.823. The second-order valence-electron chi connectivity index (χ2n) is 4.81. The van der Waals surface area contributed by atoms with Gasteiger partial charge in [0.1, 0.15) is 6.54 Å². The van der Waals surface area contributed by atoms with Crippen molar-refractivity contribution in [1.82, 2.24) is 14.5 Å². The molecule has 0 saturated carbocycles. The summed E-state index contributed by atoms with van der Waals surface area (Å²) in [5, 5.41) is 2.76. The fourth-order valence-electron chi connectivity index (χ4n) is 2.25. The molecular formula is C14H20N4O2. The van der Waals surface area contributed by atoms with Crippen molar-refractivity contribution in [2.75, 3.05) is 6.54 Å². The van der Waals surface area contributed by atoms with E-state index in [9.17, 15) is 9.59 Å². The lowest BCUT2D eigenvalue weighted by Gasteiger charge is -2.11. The first-order chi connectivity index (χ1) is 9.58. The molecule has 0 radical (unpaired) electrons. The molecule has 0 aliphatic rings. The molecule has 0 aliphatic carbocycles. The lowest BCUT2D eigenvalue weighted by Crippen LogP contribution is -2.41. The van der Waals surface area contributed by atoms with Gasteiger partial charge in [-0.2, -0.15) is 0 Å². The lowest BCUT2D eigenvalue weighted by molar-refractivity contribution is -0.122. The van der Waals surface area contributed by atoms with Crippen LogP contribution in [0.15, 0.2) is 29.1 Å². The molecular weight excluding hydrogens is 256 g/mol. The van der Waals surface area contributed by atoms with Gasteiger partial charge < -0.3 is 11.1 Å². The number of nitrogens with two attached hydrogens (primary N) is 1. The van der Waals surface area contributed by atoms with Crippen LogP contribution in [0.4, 0.5) is 0 Å². The van der Waals surface area contributed by atoms with Gasteiger partial charge in [-0.25, -0.2) is 4.79 Å². The van der Waals surface area contributed by atoms with Crippen molar-refractivity contribution in [2.24, 2.45) is 5.73 Å². The highest BCUT2D eigenvalue weighted by atomic mass is 16.2. The van der Waals surface area contributed by atoms with Crippen LogP contribution in [0.25, 0.3) is 11.0 Å². The Labute approximate surface area is 117 Å². The van der Waals surface area contributed by atoms with Crippen LogP contribution in [-0.2, 0) is 17.9 Å². The van der Waals surface area contributed by atoms with Crippen LogP contribution in [-0.4, -0.2) is 27.6 Å². The lowest BCUT2D eigenvalue weighted by atomic mass is 10.3. The Morgan fingerprint density at radius 3 is 2.45 bits per heavy atom. The number of carbonyl (C=O) groups is 1. The van der Waals surface area contributed by atoms with Crippen molar-refractivity contribution < 1.29 is 4.79 Å². The Bertz CT molecular complexity index is 671. The zero-order valence-electron chi connectivity index (χ0n) is 11.8. The van der Waals surface area contributed by atoms with E-state index in [-0.39, 0.29) is 24.2 Å². The van der Waals surface area contributed by atoms with E-state index in [0.29, 0.717) is 13.1 Å². The molecule has 6 heteroatoms. The maximum Gasteiger partial charge on any atom is 0.329 e. The van der Waals surface area contributed by atoms with Crippen LogP contribution in [0.5, 0.6) is 0 Å². The first-order valence-electron chi connectivity index (χ1n) is 6.76.